The lowest BCUT2D eigenvalue weighted by atomic mass is 10.2. The predicted molar refractivity (Wildman–Crippen MR) is 62.8 cm³/mol. The molecule has 2 nitrogen and oxygen atoms in total. The van der Waals surface area contributed by atoms with Crippen LogP contribution in [0.25, 0.3) is 0 Å². The molecule has 0 radical (unpaired) electrons. The third-order valence-electron chi connectivity index (χ3n) is 2.40. The molecule has 0 saturated carbocycles. The highest BCUT2D eigenvalue weighted by molar-refractivity contribution is 7.11. The molecule has 0 aliphatic heterocycles. The highest BCUT2D eigenvalue weighted by Gasteiger charge is 2.07. The van der Waals surface area contributed by atoms with Crippen LogP contribution in [-0.2, 0) is 6.42 Å². The third-order valence-corrected chi connectivity index (χ3v) is 3.64. The number of aromatic nitrogens is 1. The molecule has 1 N–H and O–H groups in total. The number of nitrogens with one attached hydrogen (secondary N) is 1. The fourth-order valence-electron chi connectivity index (χ4n) is 1.31. The molecule has 1 atom stereocenters. The van der Waals surface area contributed by atoms with Gasteiger partial charge in [0, 0.05) is 11.1 Å². The molecular formula is C11H20N2S. The summed E-state index contributed by atoms with van der Waals surface area (Å²) in [4.78, 5) is 5.85. The van der Waals surface area contributed by atoms with Gasteiger partial charge in [-0.05, 0) is 26.8 Å². The van der Waals surface area contributed by atoms with Gasteiger partial charge in [-0.3, -0.25) is 0 Å². The van der Waals surface area contributed by atoms with Crippen LogP contribution < -0.4 is 5.32 Å². The minimum absolute atomic E-state index is 0.389. The average molecular weight is 212 g/mol. The maximum atomic E-state index is 4.42. The maximum absolute atomic E-state index is 4.42. The van der Waals surface area contributed by atoms with Crippen molar-refractivity contribution in [1.29, 1.82) is 0 Å². The smallest absolute Gasteiger partial charge is 0.109 e. The van der Waals surface area contributed by atoms with Gasteiger partial charge in [-0.15, -0.1) is 11.3 Å². The van der Waals surface area contributed by atoms with E-state index in [9.17, 15) is 0 Å². The number of nitrogens with zero attached hydrogens (tertiary/aromatic N) is 1. The van der Waals surface area contributed by atoms with Crippen molar-refractivity contribution in [1.82, 2.24) is 10.3 Å². The number of hydrogen-bond acceptors (Lipinski definition) is 3. The zero-order chi connectivity index (χ0) is 10.4. The molecule has 3 heteroatoms. The van der Waals surface area contributed by atoms with Gasteiger partial charge in [0.1, 0.15) is 5.01 Å². The lowest BCUT2D eigenvalue weighted by Crippen LogP contribution is -2.11. The first-order valence-electron chi connectivity index (χ1n) is 5.39. The number of rotatable bonds is 6. The molecule has 1 heterocycles. The van der Waals surface area contributed by atoms with Crippen molar-refractivity contribution in [2.24, 2.45) is 0 Å². The van der Waals surface area contributed by atoms with Crippen molar-refractivity contribution < 1.29 is 0 Å². The Balaban J connectivity index is 2.42. The van der Waals surface area contributed by atoms with Gasteiger partial charge in [0.05, 0.1) is 6.04 Å². The topological polar surface area (TPSA) is 24.9 Å². The molecule has 0 spiro atoms. The summed E-state index contributed by atoms with van der Waals surface area (Å²) in [6.45, 7) is 4.38. The Kier molecular flexibility index (Phi) is 5.12. The van der Waals surface area contributed by atoms with Crippen molar-refractivity contribution in [3.63, 3.8) is 0 Å². The lowest BCUT2D eigenvalue weighted by molar-refractivity contribution is 0.647. The van der Waals surface area contributed by atoms with E-state index in [4.69, 9.17) is 0 Å². The van der Waals surface area contributed by atoms with Crippen LogP contribution in [-0.4, -0.2) is 12.0 Å². The van der Waals surface area contributed by atoms with E-state index in [0.717, 1.165) is 0 Å². The molecule has 1 rings (SSSR count). The van der Waals surface area contributed by atoms with Crippen LogP contribution in [0.15, 0.2) is 6.20 Å². The van der Waals surface area contributed by atoms with Gasteiger partial charge in [-0.2, -0.15) is 0 Å². The molecule has 14 heavy (non-hydrogen) atoms. The molecular weight excluding hydrogens is 192 g/mol. The van der Waals surface area contributed by atoms with Crippen molar-refractivity contribution in [2.45, 2.75) is 45.6 Å². The molecule has 0 bridgehead atoms. The number of hydrogen-bond donors (Lipinski definition) is 1. The minimum atomic E-state index is 0.389. The van der Waals surface area contributed by atoms with E-state index in [1.807, 2.05) is 24.6 Å². The van der Waals surface area contributed by atoms with E-state index in [-0.39, 0.29) is 0 Å². The Bertz CT molecular complexity index is 258. The summed E-state index contributed by atoms with van der Waals surface area (Å²) in [5.74, 6) is 0. The van der Waals surface area contributed by atoms with E-state index in [1.165, 1.54) is 35.6 Å². The highest BCUT2D eigenvalue weighted by atomic mass is 32.1. The van der Waals surface area contributed by atoms with Crippen LogP contribution >= 0.6 is 11.3 Å². The highest BCUT2D eigenvalue weighted by Crippen LogP contribution is 2.21. The summed E-state index contributed by atoms with van der Waals surface area (Å²) in [5.41, 5.74) is 0. The fourth-order valence-corrected chi connectivity index (χ4v) is 2.33. The van der Waals surface area contributed by atoms with E-state index in [0.29, 0.717) is 6.04 Å². The molecule has 0 amide bonds. The van der Waals surface area contributed by atoms with E-state index >= 15 is 0 Å². The Morgan fingerprint density at radius 1 is 1.50 bits per heavy atom. The van der Waals surface area contributed by atoms with Gasteiger partial charge in [0.2, 0.25) is 0 Å². The Morgan fingerprint density at radius 2 is 2.29 bits per heavy atom. The molecule has 1 unspecified atom stereocenters. The summed E-state index contributed by atoms with van der Waals surface area (Å²) >= 11 is 1.84. The number of unbranched alkanes of at least 4 members (excludes halogenated alkanes) is 2. The van der Waals surface area contributed by atoms with Crippen LogP contribution in [0, 0.1) is 0 Å². The summed E-state index contributed by atoms with van der Waals surface area (Å²) < 4.78 is 0. The molecule has 0 aliphatic carbocycles. The first kappa shape index (κ1) is 11.7. The predicted octanol–water partition coefficient (Wildman–Crippen LogP) is 3.16. The molecule has 0 saturated heterocycles. The van der Waals surface area contributed by atoms with Crippen LogP contribution in [0.3, 0.4) is 0 Å². The summed E-state index contributed by atoms with van der Waals surface area (Å²) in [5, 5.41) is 4.42. The standard InChI is InChI=1S/C11H20N2S/c1-4-5-6-7-10-8-13-11(14-10)9(2)12-3/h8-9,12H,4-7H2,1-3H3. The van der Waals surface area contributed by atoms with Gasteiger partial charge in [0.15, 0.2) is 0 Å². The van der Waals surface area contributed by atoms with Crippen LogP contribution in [0.5, 0.6) is 0 Å². The zero-order valence-corrected chi connectivity index (χ0v) is 10.2. The third kappa shape index (κ3) is 3.39. The van der Waals surface area contributed by atoms with Crippen molar-refractivity contribution in [2.75, 3.05) is 7.05 Å². The van der Waals surface area contributed by atoms with E-state index < -0.39 is 0 Å². The maximum Gasteiger partial charge on any atom is 0.109 e. The normalized spacial score (nSPS) is 13.1. The van der Waals surface area contributed by atoms with Crippen LogP contribution in [0.4, 0.5) is 0 Å². The summed E-state index contributed by atoms with van der Waals surface area (Å²) in [7, 11) is 1.98. The van der Waals surface area contributed by atoms with Gasteiger partial charge >= 0.3 is 0 Å². The largest absolute Gasteiger partial charge is 0.311 e. The van der Waals surface area contributed by atoms with Gasteiger partial charge in [0.25, 0.3) is 0 Å². The molecule has 1 aromatic heterocycles. The monoisotopic (exact) mass is 212 g/mol. The lowest BCUT2D eigenvalue weighted by Gasteiger charge is -2.04. The van der Waals surface area contributed by atoms with E-state index in [2.05, 4.69) is 24.1 Å². The number of thiazole rings is 1. The van der Waals surface area contributed by atoms with Crippen molar-refractivity contribution in [3.8, 4) is 0 Å². The Hall–Kier alpha value is -0.410. The fraction of sp³-hybridized carbons (Fsp3) is 0.727. The Labute approximate surface area is 90.8 Å². The molecule has 1 aromatic rings. The summed E-state index contributed by atoms with van der Waals surface area (Å²) in [6, 6.07) is 0.389. The first-order chi connectivity index (χ1) is 6.77. The van der Waals surface area contributed by atoms with Gasteiger partial charge < -0.3 is 5.32 Å². The average Bonchev–Trinajstić information content (AvgIpc) is 2.66. The molecule has 0 aliphatic rings. The molecule has 0 aromatic carbocycles. The second-order valence-corrected chi connectivity index (χ2v) is 4.78. The van der Waals surface area contributed by atoms with Gasteiger partial charge in [-0.25, -0.2) is 4.98 Å². The Morgan fingerprint density at radius 3 is 2.93 bits per heavy atom. The van der Waals surface area contributed by atoms with Crippen LogP contribution in [0.2, 0.25) is 0 Å². The SMILES string of the molecule is CCCCCc1cnc(C(C)NC)s1. The molecule has 80 valence electrons. The first-order valence-corrected chi connectivity index (χ1v) is 6.21. The second-order valence-electron chi connectivity index (χ2n) is 3.63. The van der Waals surface area contributed by atoms with E-state index in [1.54, 1.807) is 0 Å². The van der Waals surface area contributed by atoms with Crippen molar-refractivity contribution in [3.05, 3.63) is 16.1 Å². The van der Waals surface area contributed by atoms with Crippen molar-refractivity contribution >= 4 is 11.3 Å². The van der Waals surface area contributed by atoms with Gasteiger partial charge in [-0.1, -0.05) is 19.8 Å². The second kappa shape index (κ2) is 6.14. The van der Waals surface area contributed by atoms with Crippen LogP contribution in [0.1, 0.15) is 49.0 Å². The zero-order valence-electron chi connectivity index (χ0n) is 9.34. The minimum Gasteiger partial charge on any atom is -0.311 e. The summed E-state index contributed by atoms with van der Waals surface area (Å²) in [6.07, 6.45) is 7.14. The molecule has 0 fully saturated rings. The number of aryl methyl sites for hydroxylation is 1. The quantitative estimate of drug-likeness (QED) is 0.733.